The fourth-order valence-electron chi connectivity index (χ4n) is 3.69. The Morgan fingerprint density at radius 1 is 1.03 bits per heavy atom. The molecular weight excluding hydrogens is 403 g/mol. The van der Waals surface area contributed by atoms with Gasteiger partial charge in [-0.05, 0) is 74.2 Å². The topological polar surface area (TPSA) is 49.8 Å². The summed E-state index contributed by atoms with van der Waals surface area (Å²) in [6.07, 6.45) is 5.13. The highest BCUT2D eigenvalue weighted by Crippen LogP contribution is 2.29. The fraction of sp³-hybridized carbons (Fsp3) is 0.304. The predicted octanol–water partition coefficient (Wildman–Crippen LogP) is 5.60. The summed E-state index contributed by atoms with van der Waals surface area (Å²) in [7, 11) is 0. The van der Waals surface area contributed by atoms with Crippen LogP contribution in [0.15, 0.2) is 54.7 Å². The number of nitrogens with zero attached hydrogens (tertiary/aromatic N) is 2. The maximum absolute atomic E-state index is 6.47. The number of hydrogen-bond donors (Lipinski definition) is 2. The van der Waals surface area contributed by atoms with E-state index in [4.69, 9.17) is 28.2 Å². The van der Waals surface area contributed by atoms with Crippen LogP contribution in [0, 0.1) is 5.92 Å². The maximum atomic E-state index is 6.47. The summed E-state index contributed by atoms with van der Waals surface area (Å²) in [6, 6.07) is 15.8. The van der Waals surface area contributed by atoms with Crippen LogP contribution in [0.4, 0.5) is 5.82 Å². The van der Waals surface area contributed by atoms with E-state index in [0.29, 0.717) is 17.5 Å². The number of pyridine rings is 2. The Labute approximate surface area is 181 Å². The molecule has 1 saturated heterocycles. The van der Waals surface area contributed by atoms with Gasteiger partial charge in [-0.3, -0.25) is 4.98 Å². The smallest absolute Gasteiger partial charge is 0.126 e. The highest BCUT2D eigenvalue weighted by molar-refractivity contribution is 6.33. The van der Waals surface area contributed by atoms with E-state index < -0.39 is 0 Å². The van der Waals surface area contributed by atoms with Crippen molar-refractivity contribution in [3.05, 3.63) is 76.0 Å². The second-order valence-corrected chi connectivity index (χ2v) is 8.29. The van der Waals surface area contributed by atoms with Crippen LogP contribution in [0.25, 0.3) is 11.3 Å². The molecule has 4 rings (SSSR count). The molecule has 0 amide bonds. The first-order valence-corrected chi connectivity index (χ1v) is 10.7. The second-order valence-electron chi connectivity index (χ2n) is 7.44. The molecule has 1 aliphatic heterocycles. The number of hydrogen-bond acceptors (Lipinski definition) is 4. The number of anilines is 1. The van der Waals surface area contributed by atoms with E-state index in [2.05, 4.69) is 21.7 Å². The maximum Gasteiger partial charge on any atom is 0.126 e. The van der Waals surface area contributed by atoms with Gasteiger partial charge in [0.1, 0.15) is 5.82 Å². The van der Waals surface area contributed by atoms with Gasteiger partial charge in [0.05, 0.1) is 10.7 Å². The summed E-state index contributed by atoms with van der Waals surface area (Å²) in [5.74, 6) is 1.48. The van der Waals surface area contributed by atoms with Crippen molar-refractivity contribution in [1.29, 1.82) is 0 Å². The van der Waals surface area contributed by atoms with Crippen LogP contribution < -0.4 is 10.6 Å². The van der Waals surface area contributed by atoms with Crippen molar-refractivity contribution in [2.75, 3.05) is 18.4 Å². The van der Waals surface area contributed by atoms with Crippen LogP contribution >= 0.6 is 23.2 Å². The molecule has 3 aromatic rings. The first-order valence-electron chi connectivity index (χ1n) is 9.98. The molecule has 0 atom stereocenters. The first kappa shape index (κ1) is 20.1. The number of piperidine rings is 1. The summed E-state index contributed by atoms with van der Waals surface area (Å²) in [5.41, 5.74) is 3.96. The van der Waals surface area contributed by atoms with Gasteiger partial charge in [0, 0.05) is 29.0 Å². The second kappa shape index (κ2) is 9.57. The quantitative estimate of drug-likeness (QED) is 0.537. The van der Waals surface area contributed by atoms with Crippen LogP contribution in [0.1, 0.15) is 24.1 Å². The van der Waals surface area contributed by atoms with Crippen molar-refractivity contribution >= 4 is 29.0 Å². The van der Waals surface area contributed by atoms with E-state index in [1.807, 2.05) is 42.5 Å². The Morgan fingerprint density at radius 2 is 1.86 bits per heavy atom. The zero-order chi connectivity index (χ0) is 20.1. The molecule has 0 radical (unpaired) electrons. The number of halogens is 2. The molecule has 2 aromatic heterocycles. The molecule has 6 heteroatoms. The van der Waals surface area contributed by atoms with E-state index in [0.717, 1.165) is 52.9 Å². The summed E-state index contributed by atoms with van der Waals surface area (Å²) in [6.45, 7) is 2.84. The highest BCUT2D eigenvalue weighted by Gasteiger charge is 2.16. The summed E-state index contributed by atoms with van der Waals surface area (Å²) >= 11 is 12.5. The molecule has 29 heavy (non-hydrogen) atoms. The van der Waals surface area contributed by atoms with E-state index in [1.165, 1.54) is 12.8 Å². The molecule has 2 N–H and O–H groups in total. The van der Waals surface area contributed by atoms with Gasteiger partial charge in [-0.1, -0.05) is 41.4 Å². The minimum Gasteiger partial charge on any atom is -0.366 e. The van der Waals surface area contributed by atoms with Gasteiger partial charge in [-0.15, -0.1) is 0 Å². The molecule has 150 valence electrons. The van der Waals surface area contributed by atoms with Gasteiger partial charge < -0.3 is 10.6 Å². The lowest BCUT2D eigenvalue weighted by Gasteiger charge is -2.22. The van der Waals surface area contributed by atoms with Gasteiger partial charge in [0.2, 0.25) is 0 Å². The number of aromatic nitrogens is 2. The lowest BCUT2D eigenvalue weighted by molar-refractivity contribution is 0.370. The third kappa shape index (κ3) is 5.47. The van der Waals surface area contributed by atoms with Crippen LogP contribution in [-0.2, 0) is 13.0 Å². The standard InChI is InChI=1S/C23H24Cl2N4/c24-18-4-1-3-17(11-18)14-28-23-6-2-5-22(29-23)20-13-19(27-15-21(20)25)12-16-7-9-26-10-8-16/h1-6,11,13,15-16,26H,7-10,12,14H2,(H,28,29). The van der Waals surface area contributed by atoms with Crippen molar-refractivity contribution in [3.63, 3.8) is 0 Å². The SMILES string of the molecule is Clc1cccc(CNc2cccc(-c3cc(CC4CCNCC4)ncc3Cl)n2)c1. The Kier molecular flexibility index (Phi) is 6.65. The minimum atomic E-state index is 0.624. The van der Waals surface area contributed by atoms with Crippen molar-refractivity contribution in [3.8, 4) is 11.3 Å². The molecule has 1 fully saturated rings. The lowest BCUT2D eigenvalue weighted by atomic mass is 9.92. The van der Waals surface area contributed by atoms with Crippen molar-refractivity contribution in [1.82, 2.24) is 15.3 Å². The highest BCUT2D eigenvalue weighted by atomic mass is 35.5. The Hall–Kier alpha value is -2.14. The summed E-state index contributed by atoms with van der Waals surface area (Å²) < 4.78 is 0. The normalized spacial score (nSPS) is 14.7. The molecule has 1 aliphatic rings. The molecule has 1 aromatic carbocycles. The fourth-order valence-corrected chi connectivity index (χ4v) is 4.11. The van der Waals surface area contributed by atoms with Crippen molar-refractivity contribution < 1.29 is 0 Å². The van der Waals surface area contributed by atoms with E-state index in [1.54, 1.807) is 6.20 Å². The first-order chi connectivity index (χ1) is 14.2. The van der Waals surface area contributed by atoms with Gasteiger partial charge >= 0.3 is 0 Å². The molecular formula is C23H24Cl2N4. The van der Waals surface area contributed by atoms with Crippen molar-refractivity contribution in [2.45, 2.75) is 25.8 Å². The number of benzene rings is 1. The molecule has 0 aliphatic carbocycles. The van der Waals surface area contributed by atoms with Crippen molar-refractivity contribution in [2.24, 2.45) is 5.92 Å². The van der Waals surface area contributed by atoms with Crippen LogP contribution in [0.2, 0.25) is 10.0 Å². The number of nitrogens with one attached hydrogen (secondary N) is 2. The monoisotopic (exact) mass is 426 g/mol. The van der Waals surface area contributed by atoms with Crippen LogP contribution in [0.5, 0.6) is 0 Å². The lowest BCUT2D eigenvalue weighted by Crippen LogP contribution is -2.28. The third-order valence-electron chi connectivity index (χ3n) is 5.26. The molecule has 3 heterocycles. The minimum absolute atomic E-state index is 0.624. The summed E-state index contributed by atoms with van der Waals surface area (Å²) in [5, 5.41) is 8.13. The van der Waals surface area contributed by atoms with E-state index in [-0.39, 0.29) is 0 Å². The van der Waals surface area contributed by atoms with Crippen LogP contribution in [0.3, 0.4) is 0 Å². The van der Waals surface area contributed by atoms with Gasteiger partial charge in [0.25, 0.3) is 0 Å². The largest absolute Gasteiger partial charge is 0.366 e. The van der Waals surface area contributed by atoms with Gasteiger partial charge in [-0.2, -0.15) is 0 Å². The molecule has 0 unspecified atom stereocenters. The Balaban J connectivity index is 1.50. The zero-order valence-corrected chi connectivity index (χ0v) is 17.7. The Bertz CT molecular complexity index is 971. The van der Waals surface area contributed by atoms with Gasteiger partial charge in [0.15, 0.2) is 0 Å². The predicted molar refractivity (Wildman–Crippen MR) is 121 cm³/mol. The van der Waals surface area contributed by atoms with E-state index >= 15 is 0 Å². The number of rotatable bonds is 6. The summed E-state index contributed by atoms with van der Waals surface area (Å²) in [4.78, 5) is 9.32. The zero-order valence-electron chi connectivity index (χ0n) is 16.2. The third-order valence-corrected chi connectivity index (χ3v) is 5.79. The van der Waals surface area contributed by atoms with E-state index in [9.17, 15) is 0 Å². The molecule has 4 nitrogen and oxygen atoms in total. The molecule has 0 spiro atoms. The van der Waals surface area contributed by atoms with Gasteiger partial charge in [-0.25, -0.2) is 4.98 Å². The average Bonchev–Trinajstić information content (AvgIpc) is 2.75. The van der Waals surface area contributed by atoms with Crippen LogP contribution in [-0.4, -0.2) is 23.1 Å². The molecule has 0 saturated carbocycles. The average molecular weight is 427 g/mol. The Morgan fingerprint density at radius 3 is 2.69 bits per heavy atom. The molecule has 0 bridgehead atoms.